The van der Waals surface area contributed by atoms with Gasteiger partial charge in [0.05, 0.1) is 6.10 Å². The lowest BCUT2D eigenvalue weighted by Gasteiger charge is -2.33. The number of nitrogens with zero attached hydrogens (tertiary/aromatic N) is 2. The van der Waals surface area contributed by atoms with Gasteiger partial charge >= 0.3 is 0 Å². The summed E-state index contributed by atoms with van der Waals surface area (Å²) in [5.41, 5.74) is 3.73. The zero-order valence-electron chi connectivity index (χ0n) is 25.9. The van der Waals surface area contributed by atoms with Gasteiger partial charge in [-0.15, -0.1) is 0 Å². The second-order valence-electron chi connectivity index (χ2n) is 12.2. The van der Waals surface area contributed by atoms with Gasteiger partial charge in [-0.3, -0.25) is 9.59 Å². The van der Waals surface area contributed by atoms with E-state index in [1.54, 1.807) is 17.5 Å². The highest BCUT2D eigenvalue weighted by molar-refractivity contribution is 5.89. The molecule has 0 aromatic rings. The Kier molecular flexibility index (Phi) is 14.7. The minimum atomic E-state index is -0.651. The molecule has 3 fully saturated rings. The molecule has 0 aromatic heterocycles. The number of rotatable bonds is 6. The molecule has 2 saturated carbocycles. The van der Waals surface area contributed by atoms with E-state index < -0.39 is 12.1 Å². The molecule has 3 aliphatic rings. The summed E-state index contributed by atoms with van der Waals surface area (Å²) in [6.45, 7) is 22.4. The first-order chi connectivity index (χ1) is 18.3. The summed E-state index contributed by atoms with van der Waals surface area (Å²) in [5.74, 6) is 0.736. The summed E-state index contributed by atoms with van der Waals surface area (Å²) in [6, 6.07) is -0.600. The zero-order valence-corrected chi connectivity index (χ0v) is 25.9. The van der Waals surface area contributed by atoms with Crippen molar-refractivity contribution in [3.05, 3.63) is 47.6 Å². The lowest BCUT2D eigenvalue weighted by atomic mass is 9.81. The quantitative estimate of drug-likeness (QED) is 0.306. The van der Waals surface area contributed by atoms with Gasteiger partial charge in [-0.25, -0.2) is 0 Å². The molecule has 2 amide bonds. The van der Waals surface area contributed by atoms with Crippen LogP contribution in [0.3, 0.4) is 0 Å². The van der Waals surface area contributed by atoms with Crippen molar-refractivity contribution in [2.24, 2.45) is 28.2 Å². The molecule has 1 heterocycles. The summed E-state index contributed by atoms with van der Waals surface area (Å²) in [5, 5.41) is 13.2. The van der Waals surface area contributed by atoms with Crippen molar-refractivity contribution in [1.29, 1.82) is 0 Å². The van der Waals surface area contributed by atoms with Gasteiger partial charge < -0.3 is 20.3 Å². The first-order valence-corrected chi connectivity index (χ1v) is 14.6. The number of nitrogens with one attached hydrogen (secondary N) is 1. The Morgan fingerprint density at radius 3 is 2.33 bits per heavy atom. The van der Waals surface area contributed by atoms with Crippen molar-refractivity contribution < 1.29 is 14.7 Å². The van der Waals surface area contributed by atoms with E-state index >= 15 is 0 Å². The molecule has 220 valence electrons. The maximum absolute atomic E-state index is 13.0. The van der Waals surface area contributed by atoms with Gasteiger partial charge in [0, 0.05) is 38.4 Å². The third-order valence-corrected chi connectivity index (χ3v) is 8.13. The zero-order chi connectivity index (χ0) is 29.8. The molecule has 39 heavy (non-hydrogen) atoms. The molecule has 4 unspecified atom stereocenters. The number of likely N-dealkylation sites (tertiary alicyclic amines) is 1. The molecule has 0 aromatic carbocycles. The molecule has 2 aliphatic carbocycles. The smallest absolute Gasteiger partial charge is 0.242 e. The van der Waals surface area contributed by atoms with Gasteiger partial charge in [-0.1, -0.05) is 64.2 Å². The van der Waals surface area contributed by atoms with Crippen molar-refractivity contribution in [3.63, 3.8) is 0 Å². The molecule has 0 radical (unpaired) electrons. The van der Waals surface area contributed by atoms with Gasteiger partial charge in [-0.2, -0.15) is 0 Å². The third kappa shape index (κ3) is 11.3. The Balaban J connectivity index is 0.000000638. The largest absolute Gasteiger partial charge is 0.391 e. The summed E-state index contributed by atoms with van der Waals surface area (Å²) in [7, 11) is 1.64. The number of amides is 2. The normalized spacial score (nSPS) is 25.4. The van der Waals surface area contributed by atoms with Crippen LogP contribution in [0.4, 0.5) is 0 Å². The molecular weight excluding hydrogens is 486 g/mol. The molecule has 4 atom stereocenters. The Hall–Kier alpha value is -2.47. The highest BCUT2D eigenvalue weighted by atomic mass is 16.3. The Bertz CT molecular complexity index is 921. The Labute approximate surface area is 238 Å². The van der Waals surface area contributed by atoms with Gasteiger partial charge in [0.1, 0.15) is 6.04 Å². The van der Waals surface area contributed by atoms with Crippen molar-refractivity contribution in [2.45, 2.75) is 99.1 Å². The van der Waals surface area contributed by atoms with Crippen LogP contribution < -0.4 is 5.32 Å². The molecule has 1 saturated heterocycles. The summed E-state index contributed by atoms with van der Waals surface area (Å²) < 4.78 is 0. The van der Waals surface area contributed by atoms with E-state index in [9.17, 15) is 14.7 Å². The molecule has 0 spiro atoms. The SMILES string of the molecule is C/C=C(\C)C1CC1.C=C1/C(=C\C=C/C)CCCC1CNC(=O)C1CC(O)CN1C(=O)C(C)C(C)(C)C.C=NC. The number of aliphatic imine (C=N–C) groups is 1. The van der Waals surface area contributed by atoms with Gasteiger partial charge in [0.25, 0.3) is 0 Å². The fourth-order valence-electron chi connectivity index (χ4n) is 4.80. The van der Waals surface area contributed by atoms with Crippen molar-refractivity contribution in [3.8, 4) is 0 Å². The fraction of sp³-hybridized carbons (Fsp3) is 0.667. The number of hydrogen-bond donors (Lipinski definition) is 2. The van der Waals surface area contributed by atoms with Crippen LogP contribution in [0.2, 0.25) is 0 Å². The molecule has 0 bridgehead atoms. The minimum Gasteiger partial charge on any atom is -0.391 e. The van der Waals surface area contributed by atoms with E-state index in [0.717, 1.165) is 30.8 Å². The molecular formula is C33H55N3O3. The van der Waals surface area contributed by atoms with E-state index in [4.69, 9.17) is 0 Å². The fourth-order valence-corrected chi connectivity index (χ4v) is 4.80. The highest BCUT2D eigenvalue weighted by Gasteiger charge is 2.42. The van der Waals surface area contributed by atoms with Crippen LogP contribution in [-0.2, 0) is 9.59 Å². The third-order valence-electron chi connectivity index (χ3n) is 8.13. The number of carbonyl (C=O) groups is 2. The van der Waals surface area contributed by atoms with Crippen molar-refractivity contribution in [1.82, 2.24) is 10.2 Å². The number of carbonyl (C=O) groups excluding carboxylic acids is 2. The van der Waals surface area contributed by atoms with Gasteiger partial charge in [-0.05, 0) is 82.1 Å². The van der Waals surface area contributed by atoms with Crippen LogP contribution in [0, 0.1) is 23.2 Å². The molecule has 3 rings (SSSR count). The minimum absolute atomic E-state index is 0.0622. The second kappa shape index (κ2) is 16.6. The van der Waals surface area contributed by atoms with E-state index in [2.05, 4.69) is 49.6 Å². The molecule has 2 N–H and O–H groups in total. The average Bonchev–Trinajstić information content (AvgIpc) is 3.67. The van der Waals surface area contributed by atoms with E-state index in [-0.39, 0.29) is 35.6 Å². The second-order valence-corrected chi connectivity index (χ2v) is 12.2. The standard InChI is InChI=1S/C24H38N2O3.C7H12.C2H5N/c1-7-8-10-18-11-9-12-19(16(18)2)14-25-22(28)21-13-20(27)15-26(21)23(29)17(3)24(4,5)6;1-3-6(2)7-4-5-7;1-3-2/h7-8,10,17,19-21,27H,2,9,11-15H2,1,3-6H3,(H,25,28);3,7H,4-5H2,1-2H3;1H2,2H3/b8-7-,18-10-;6-3+;. The van der Waals surface area contributed by atoms with Crippen LogP contribution >= 0.6 is 0 Å². The number of allylic oxidation sites excluding steroid dienone is 6. The van der Waals surface area contributed by atoms with Crippen molar-refractivity contribution >= 4 is 18.5 Å². The number of hydrogen-bond acceptors (Lipinski definition) is 4. The highest BCUT2D eigenvalue weighted by Crippen LogP contribution is 2.36. The van der Waals surface area contributed by atoms with Gasteiger partial charge in [0.2, 0.25) is 11.8 Å². The molecule has 6 nitrogen and oxygen atoms in total. The predicted molar refractivity (Wildman–Crippen MR) is 165 cm³/mol. The predicted octanol–water partition coefficient (Wildman–Crippen LogP) is 6.28. The van der Waals surface area contributed by atoms with Crippen molar-refractivity contribution in [2.75, 3.05) is 20.1 Å². The number of β-amino-alcohol motifs (C(OH)–C–C–N with tert-alkyl or cyclic N) is 1. The lowest BCUT2D eigenvalue weighted by Crippen LogP contribution is -2.50. The van der Waals surface area contributed by atoms with E-state index in [1.807, 2.05) is 46.8 Å². The van der Waals surface area contributed by atoms with Gasteiger partial charge in [0.15, 0.2) is 0 Å². The molecule has 1 aliphatic heterocycles. The maximum Gasteiger partial charge on any atom is 0.242 e. The van der Waals surface area contributed by atoms with Crippen LogP contribution in [0.15, 0.2) is 52.6 Å². The Morgan fingerprint density at radius 2 is 1.85 bits per heavy atom. The summed E-state index contributed by atoms with van der Waals surface area (Å²) in [4.78, 5) is 30.7. The molecule has 6 heteroatoms. The Morgan fingerprint density at radius 1 is 1.23 bits per heavy atom. The maximum atomic E-state index is 13.0. The number of aliphatic hydroxyl groups is 1. The lowest BCUT2D eigenvalue weighted by molar-refractivity contribution is -0.144. The first-order valence-electron chi connectivity index (χ1n) is 14.6. The number of aliphatic hydroxyl groups excluding tert-OH is 1. The van der Waals surface area contributed by atoms with Crippen LogP contribution in [0.5, 0.6) is 0 Å². The van der Waals surface area contributed by atoms with Crippen LogP contribution in [0.1, 0.15) is 87.0 Å². The summed E-state index contributed by atoms with van der Waals surface area (Å²) in [6.07, 6.45) is 14.0. The average molecular weight is 542 g/mol. The van der Waals surface area contributed by atoms with E-state index in [0.29, 0.717) is 13.0 Å². The van der Waals surface area contributed by atoms with E-state index in [1.165, 1.54) is 18.4 Å². The summed E-state index contributed by atoms with van der Waals surface area (Å²) >= 11 is 0. The van der Waals surface area contributed by atoms with Crippen LogP contribution in [0.25, 0.3) is 0 Å². The monoisotopic (exact) mass is 541 g/mol. The first kappa shape index (κ1) is 34.6. The van der Waals surface area contributed by atoms with Crippen LogP contribution in [-0.4, -0.2) is 60.8 Å². The topological polar surface area (TPSA) is 82.0 Å².